The van der Waals surface area contributed by atoms with Crippen LogP contribution in [0.15, 0.2) is 23.4 Å². The molecule has 0 spiro atoms. The Labute approximate surface area is 124 Å². The number of rotatable bonds is 6. The lowest BCUT2D eigenvalue weighted by Crippen LogP contribution is -2.30. The number of amides is 1. The van der Waals surface area contributed by atoms with Gasteiger partial charge in [0.2, 0.25) is 0 Å². The van der Waals surface area contributed by atoms with Gasteiger partial charge < -0.3 is 19.2 Å². The Bertz CT molecular complexity index is 510. The Balaban J connectivity index is 1.89. The summed E-state index contributed by atoms with van der Waals surface area (Å²) in [5, 5.41) is 3.83. The van der Waals surface area contributed by atoms with Crippen LogP contribution in [0.1, 0.15) is 18.4 Å². The molecular formula is C15H20N2O4. The minimum Gasteiger partial charge on any atom is -0.497 e. The molecule has 0 bridgehead atoms. The van der Waals surface area contributed by atoms with Gasteiger partial charge in [-0.15, -0.1) is 0 Å². The summed E-state index contributed by atoms with van der Waals surface area (Å²) in [5.74, 6) is 1.33. The van der Waals surface area contributed by atoms with E-state index in [2.05, 4.69) is 5.16 Å². The normalized spacial score (nSPS) is 14.5. The zero-order valence-electron chi connectivity index (χ0n) is 12.4. The van der Waals surface area contributed by atoms with E-state index >= 15 is 0 Å². The average molecular weight is 292 g/mol. The lowest BCUT2D eigenvalue weighted by atomic mass is 10.2. The van der Waals surface area contributed by atoms with E-state index in [1.165, 1.54) is 6.21 Å². The number of nitrogens with zero attached hydrogens (tertiary/aromatic N) is 2. The molecule has 1 aliphatic rings. The summed E-state index contributed by atoms with van der Waals surface area (Å²) in [5.41, 5.74) is 0.727. The number of benzene rings is 1. The van der Waals surface area contributed by atoms with Crippen LogP contribution in [-0.4, -0.2) is 50.9 Å². The van der Waals surface area contributed by atoms with E-state index in [0.29, 0.717) is 11.5 Å². The highest BCUT2D eigenvalue weighted by Crippen LogP contribution is 2.22. The van der Waals surface area contributed by atoms with E-state index < -0.39 is 0 Å². The molecule has 0 saturated carbocycles. The van der Waals surface area contributed by atoms with Crippen molar-refractivity contribution in [3.8, 4) is 11.5 Å². The summed E-state index contributed by atoms with van der Waals surface area (Å²) in [6, 6.07) is 5.37. The van der Waals surface area contributed by atoms with Crippen LogP contribution >= 0.6 is 0 Å². The van der Waals surface area contributed by atoms with Gasteiger partial charge in [-0.3, -0.25) is 4.79 Å². The lowest BCUT2D eigenvalue weighted by Gasteiger charge is -2.13. The third-order valence-electron chi connectivity index (χ3n) is 3.35. The number of ether oxygens (including phenoxy) is 2. The van der Waals surface area contributed by atoms with Gasteiger partial charge in [0.05, 0.1) is 20.4 Å². The Morgan fingerprint density at radius 2 is 2.05 bits per heavy atom. The zero-order valence-corrected chi connectivity index (χ0v) is 12.4. The van der Waals surface area contributed by atoms with Crippen LogP contribution in [0.3, 0.4) is 0 Å². The number of likely N-dealkylation sites (tertiary alicyclic amines) is 1. The van der Waals surface area contributed by atoms with Crippen molar-refractivity contribution in [2.24, 2.45) is 5.16 Å². The molecule has 0 N–H and O–H groups in total. The van der Waals surface area contributed by atoms with E-state index in [9.17, 15) is 4.79 Å². The second kappa shape index (κ2) is 7.52. The monoisotopic (exact) mass is 292 g/mol. The van der Waals surface area contributed by atoms with Gasteiger partial charge in [0.25, 0.3) is 5.91 Å². The Kier molecular flexibility index (Phi) is 5.43. The molecule has 1 aromatic rings. The van der Waals surface area contributed by atoms with Crippen LogP contribution in [0.2, 0.25) is 0 Å². The maximum atomic E-state index is 11.8. The third kappa shape index (κ3) is 4.11. The van der Waals surface area contributed by atoms with Crippen LogP contribution < -0.4 is 9.47 Å². The van der Waals surface area contributed by atoms with Crippen molar-refractivity contribution < 1.29 is 19.1 Å². The van der Waals surface area contributed by atoms with Gasteiger partial charge >= 0.3 is 0 Å². The lowest BCUT2D eigenvalue weighted by molar-refractivity contribution is -0.134. The van der Waals surface area contributed by atoms with E-state index in [1.54, 1.807) is 37.3 Å². The molecular weight excluding hydrogens is 272 g/mol. The molecule has 0 unspecified atom stereocenters. The summed E-state index contributed by atoms with van der Waals surface area (Å²) in [7, 11) is 3.17. The van der Waals surface area contributed by atoms with Crippen LogP contribution in [0, 0.1) is 0 Å². The predicted molar refractivity (Wildman–Crippen MR) is 78.9 cm³/mol. The first kappa shape index (κ1) is 15.2. The van der Waals surface area contributed by atoms with Gasteiger partial charge in [0, 0.05) is 18.7 Å². The van der Waals surface area contributed by atoms with Gasteiger partial charge in [-0.2, -0.15) is 0 Å². The summed E-state index contributed by atoms with van der Waals surface area (Å²) in [4.78, 5) is 18.6. The summed E-state index contributed by atoms with van der Waals surface area (Å²) in [6.45, 7) is 1.59. The first-order chi connectivity index (χ1) is 10.2. The molecule has 21 heavy (non-hydrogen) atoms. The Hall–Kier alpha value is -2.24. The summed E-state index contributed by atoms with van der Waals surface area (Å²) < 4.78 is 10.4. The van der Waals surface area contributed by atoms with Crippen molar-refractivity contribution in [3.63, 3.8) is 0 Å². The average Bonchev–Trinajstić information content (AvgIpc) is 3.05. The maximum absolute atomic E-state index is 11.8. The molecule has 0 radical (unpaired) electrons. The van der Waals surface area contributed by atoms with Crippen molar-refractivity contribution in [2.75, 3.05) is 33.9 Å². The first-order valence-electron chi connectivity index (χ1n) is 6.89. The maximum Gasteiger partial charge on any atom is 0.263 e. The van der Waals surface area contributed by atoms with E-state index in [0.717, 1.165) is 31.5 Å². The standard InChI is InChI=1S/C15H20N2O4/c1-19-13-5-6-14(20-2)12(9-13)10-16-21-11-15(18)17-7-3-4-8-17/h5-6,9-10H,3-4,7-8,11H2,1-2H3/b16-10-. The second-order valence-corrected chi connectivity index (χ2v) is 4.70. The molecule has 6 nitrogen and oxygen atoms in total. The van der Waals surface area contributed by atoms with Crippen LogP contribution in [-0.2, 0) is 9.63 Å². The molecule has 1 saturated heterocycles. The SMILES string of the molecule is COc1ccc(OC)c(/C=N\OCC(=O)N2CCCC2)c1. The topological polar surface area (TPSA) is 60.4 Å². The summed E-state index contributed by atoms with van der Waals surface area (Å²) in [6.07, 6.45) is 3.64. The molecule has 0 aliphatic carbocycles. The molecule has 0 aromatic heterocycles. The second-order valence-electron chi connectivity index (χ2n) is 4.70. The number of carbonyl (C=O) groups is 1. The Morgan fingerprint density at radius 3 is 2.71 bits per heavy atom. The molecule has 1 heterocycles. The highest BCUT2D eigenvalue weighted by atomic mass is 16.6. The minimum atomic E-state index is -0.0389. The molecule has 2 rings (SSSR count). The highest BCUT2D eigenvalue weighted by molar-refractivity contribution is 5.84. The van der Waals surface area contributed by atoms with Crippen molar-refractivity contribution in [3.05, 3.63) is 23.8 Å². The number of hydrogen-bond donors (Lipinski definition) is 0. The fourth-order valence-corrected chi connectivity index (χ4v) is 2.18. The first-order valence-corrected chi connectivity index (χ1v) is 6.89. The number of hydrogen-bond acceptors (Lipinski definition) is 5. The van der Waals surface area contributed by atoms with Crippen molar-refractivity contribution in [2.45, 2.75) is 12.8 Å². The molecule has 0 atom stereocenters. The summed E-state index contributed by atoms with van der Waals surface area (Å²) >= 11 is 0. The van der Waals surface area contributed by atoms with Crippen LogP contribution in [0.4, 0.5) is 0 Å². The van der Waals surface area contributed by atoms with E-state index in [-0.39, 0.29) is 12.5 Å². The van der Waals surface area contributed by atoms with E-state index in [1.807, 2.05) is 0 Å². The smallest absolute Gasteiger partial charge is 0.263 e. The third-order valence-corrected chi connectivity index (χ3v) is 3.35. The molecule has 1 aliphatic heterocycles. The largest absolute Gasteiger partial charge is 0.497 e. The molecule has 1 aromatic carbocycles. The van der Waals surface area contributed by atoms with Crippen molar-refractivity contribution >= 4 is 12.1 Å². The molecule has 6 heteroatoms. The number of oxime groups is 1. The van der Waals surface area contributed by atoms with Gasteiger partial charge in [0.15, 0.2) is 6.61 Å². The molecule has 114 valence electrons. The van der Waals surface area contributed by atoms with E-state index in [4.69, 9.17) is 14.3 Å². The fraction of sp³-hybridized carbons (Fsp3) is 0.467. The molecule has 1 amide bonds. The van der Waals surface area contributed by atoms with Crippen molar-refractivity contribution in [1.29, 1.82) is 0 Å². The fourth-order valence-electron chi connectivity index (χ4n) is 2.18. The Morgan fingerprint density at radius 1 is 1.29 bits per heavy atom. The number of carbonyl (C=O) groups excluding carboxylic acids is 1. The predicted octanol–water partition coefficient (Wildman–Crippen LogP) is 1.68. The van der Waals surface area contributed by atoms with Gasteiger partial charge in [0.1, 0.15) is 11.5 Å². The minimum absolute atomic E-state index is 0.0257. The molecule has 1 fully saturated rings. The number of methoxy groups -OCH3 is 2. The van der Waals surface area contributed by atoms with Crippen molar-refractivity contribution in [1.82, 2.24) is 4.90 Å². The van der Waals surface area contributed by atoms with Gasteiger partial charge in [-0.05, 0) is 31.0 Å². The van der Waals surface area contributed by atoms with Crippen LogP contribution in [0.5, 0.6) is 11.5 Å². The van der Waals surface area contributed by atoms with Crippen LogP contribution in [0.25, 0.3) is 0 Å². The van der Waals surface area contributed by atoms with Gasteiger partial charge in [-0.1, -0.05) is 5.16 Å². The zero-order chi connectivity index (χ0) is 15.1. The highest BCUT2D eigenvalue weighted by Gasteiger charge is 2.17. The van der Waals surface area contributed by atoms with Gasteiger partial charge in [-0.25, -0.2) is 0 Å². The quantitative estimate of drug-likeness (QED) is 0.591.